The van der Waals surface area contributed by atoms with Crippen LogP contribution in [0, 0.1) is 5.41 Å². The zero-order chi connectivity index (χ0) is 9.24. The Morgan fingerprint density at radius 2 is 1.75 bits per heavy atom. The van der Waals surface area contributed by atoms with Gasteiger partial charge in [-0.25, -0.2) is 9.98 Å². The van der Waals surface area contributed by atoms with Crippen LogP contribution in [0.15, 0.2) is 15.0 Å². The van der Waals surface area contributed by atoms with E-state index in [4.69, 9.17) is 0 Å². The van der Waals surface area contributed by atoms with E-state index < -0.39 is 0 Å². The van der Waals surface area contributed by atoms with E-state index >= 15 is 0 Å². The number of hydrogen-bond acceptors (Lipinski definition) is 3. The van der Waals surface area contributed by atoms with Gasteiger partial charge in [0.1, 0.15) is 12.7 Å². The first-order chi connectivity index (χ1) is 5.46. The first-order valence-electron chi connectivity index (χ1n) is 4.05. The number of hydrogen-bond donors (Lipinski definition) is 0. The van der Waals surface area contributed by atoms with E-state index in [2.05, 4.69) is 42.7 Å². The van der Waals surface area contributed by atoms with Crippen LogP contribution >= 0.6 is 0 Å². The largest absolute Gasteiger partial charge is 0.261 e. The zero-order valence-electron chi connectivity index (χ0n) is 8.07. The molecule has 3 nitrogen and oxygen atoms in total. The summed E-state index contributed by atoms with van der Waals surface area (Å²) in [5.41, 5.74) is -0.176. The molecular weight excluding hydrogens is 150 g/mol. The Labute approximate surface area is 73.3 Å². The lowest BCUT2D eigenvalue weighted by molar-refractivity contribution is 0.291. The Morgan fingerprint density at radius 3 is 2.33 bits per heavy atom. The summed E-state index contributed by atoms with van der Waals surface area (Å²) in [5, 5.41) is 0. The SMILES string of the molecule is CC(C)(C)C1(C)C=NC=NC=N1. The quantitative estimate of drug-likeness (QED) is 0.526. The molecule has 1 unspecified atom stereocenters. The molecule has 0 aliphatic carbocycles. The molecule has 0 fully saturated rings. The molecule has 0 radical (unpaired) electrons. The first kappa shape index (κ1) is 9.10. The average Bonchev–Trinajstić information content (AvgIpc) is 2.12. The van der Waals surface area contributed by atoms with Crippen LogP contribution in [0.3, 0.4) is 0 Å². The first-order valence-corrected chi connectivity index (χ1v) is 4.05. The fourth-order valence-electron chi connectivity index (χ4n) is 0.821. The number of aliphatic imine (C=N–C) groups is 3. The van der Waals surface area contributed by atoms with Crippen LogP contribution in [0.1, 0.15) is 27.7 Å². The normalized spacial score (nSPS) is 29.0. The fraction of sp³-hybridized carbons (Fsp3) is 0.667. The molecule has 0 saturated heterocycles. The second-order valence-corrected chi connectivity index (χ2v) is 4.18. The van der Waals surface area contributed by atoms with Crippen molar-refractivity contribution < 1.29 is 0 Å². The highest BCUT2D eigenvalue weighted by atomic mass is 15.0. The van der Waals surface area contributed by atoms with Crippen LogP contribution in [0.25, 0.3) is 0 Å². The molecule has 1 aliphatic heterocycles. The summed E-state index contributed by atoms with van der Waals surface area (Å²) in [6.07, 6.45) is 4.93. The third-order valence-electron chi connectivity index (χ3n) is 2.37. The van der Waals surface area contributed by atoms with Gasteiger partial charge in [0.05, 0.1) is 5.54 Å². The van der Waals surface area contributed by atoms with E-state index in [9.17, 15) is 0 Å². The molecule has 66 valence electrons. The maximum Gasteiger partial charge on any atom is 0.116 e. The summed E-state index contributed by atoms with van der Waals surface area (Å²) in [6.45, 7) is 8.48. The van der Waals surface area contributed by atoms with Crippen LogP contribution < -0.4 is 0 Å². The Hall–Kier alpha value is -0.990. The summed E-state index contributed by atoms with van der Waals surface area (Å²) in [5.74, 6) is 0. The van der Waals surface area contributed by atoms with E-state index in [1.165, 1.54) is 6.34 Å². The van der Waals surface area contributed by atoms with Crippen molar-refractivity contribution in [3.05, 3.63) is 0 Å². The molecule has 0 amide bonds. The standard InChI is InChI=1S/C9H15N3/c1-8(2,3)9(4)5-10-6-11-7-12-9/h5-7H,1-4H3. The molecule has 0 N–H and O–H groups in total. The second-order valence-electron chi connectivity index (χ2n) is 4.18. The lowest BCUT2D eigenvalue weighted by Gasteiger charge is -2.34. The summed E-state index contributed by atoms with van der Waals surface area (Å²) in [6, 6.07) is 0. The Morgan fingerprint density at radius 1 is 1.08 bits per heavy atom. The monoisotopic (exact) mass is 165 g/mol. The van der Waals surface area contributed by atoms with E-state index in [1.807, 2.05) is 6.21 Å². The smallest absolute Gasteiger partial charge is 0.116 e. The average molecular weight is 165 g/mol. The summed E-state index contributed by atoms with van der Waals surface area (Å²) in [4.78, 5) is 12.3. The van der Waals surface area contributed by atoms with Gasteiger partial charge >= 0.3 is 0 Å². The molecule has 1 heterocycles. The summed E-state index contributed by atoms with van der Waals surface area (Å²) in [7, 11) is 0. The molecular formula is C9H15N3. The zero-order valence-corrected chi connectivity index (χ0v) is 8.07. The van der Waals surface area contributed by atoms with E-state index in [-0.39, 0.29) is 11.0 Å². The minimum absolute atomic E-state index is 0.0701. The van der Waals surface area contributed by atoms with Gasteiger partial charge in [0.15, 0.2) is 0 Å². The Bertz CT molecular complexity index is 227. The predicted molar refractivity (Wildman–Crippen MR) is 53.3 cm³/mol. The lowest BCUT2D eigenvalue weighted by atomic mass is 9.76. The van der Waals surface area contributed by atoms with E-state index in [0.717, 1.165) is 0 Å². The fourth-order valence-corrected chi connectivity index (χ4v) is 0.821. The van der Waals surface area contributed by atoms with E-state index in [0.29, 0.717) is 0 Å². The molecule has 0 spiro atoms. The van der Waals surface area contributed by atoms with Gasteiger partial charge in [0.2, 0.25) is 0 Å². The second kappa shape index (κ2) is 2.81. The molecule has 12 heavy (non-hydrogen) atoms. The van der Waals surface area contributed by atoms with Crippen molar-refractivity contribution in [3.63, 3.8) is 0 Å². The maximum atomic E-state index is 4.35. The van der Waals surface area contributed by atoms with Gasteiger partial charge in [-0.3, -0.25) is 4.99 Å². The minimum Gasteiger partial charge on any atom is -0.261 e. The molecule has 1 rings (SSSR count). The van der Waals surface area contributed by atoms with Crippen molar-refractivity contribution in [2.75, 3.05) is 0 Å². The van der Waals surface area contributed by atoms with Crippen LogP contribution in [0.4, 0.5) is 0 Å². The topological polar surface area (TPSA) is 37.1 Å². The van der Waals surface area contributed by atoms with E-state index in [1.54, 1.807) is 6.34 Å². The molecule has 0 aromatic carbocycles. The molecule has 0 aromatic rings. The maximum absolute atomic E-state index is 4.35. The Kier molecular flexibility index (Phi) is 2.13. The summed E-state index contributed by atoms with van der Waals surface area (Å²) < 4.78 is 0. The van der Waals surface area contributed by atoms with Gasteiger partial charge in [-0.2, -0.15) is 0 Å². The van der Waals surface area contributed by atoms with Crippen molar-refractivity contribution >= 4 is 18.9 Å². The van der Waals surface area contributed by atoms with Gasteiger partial charge in [-0.15, -0.1) is 0 Å². The molecule has 0 bridgehead atoms. The third kappa shape index (κ3) is 1.60. The molecule has 1 aliphatic rings. The van der Waals surface area contributed by atoms with Crippen LogP contribution in [0.5, 0.6) is 0 Å². The van der Waals surface area contributed by atoms with Gasteiger partial charge in [-0.1, -0.05) is 20.8 Å². The van der Waals surface area contributed by atoms with Gasteiger partial charge in [0, 0.05) is 6.21 Å². The van der Waals surface area contributed by atoms with Crippen LogP contribution in [-0.2, 0) is 0 Å². The minimum atomic E-state index is -0.247. The number of rotatable bonds is 0. The molecule has 3 heteroatoms. The van der Waals surface area contributed by atoms with Gasteiger partial charge in [-0.05, 0) is 12.3 Å². The number of nitrogens with zero attached hydrogens (tertiary/aromatic N) is 3. The van der Waals surface area contributed by atoms with Crippen molar-refractivity contribution in [1.29, 1.82) is 0 Å². The lowest BCUT2D eigenvalue weighted by Crippen LogP contribution is -2.39. The van der Waals surface area contributed by atoms with Crippen molar-refractivity contribution in [3.8, 4) is 0 Å². The predicted octanol–water partition coefficient (Wildman–Crippen LogP) is 1.93. The Balaban J connectivity index is 2.99. The van der Waals surface area contributed by atoms with Gasteiger partial charge in [0.25, 0.3) is 0 Å². The molecule has 1 atom stereocenters. The highest BCUT2D eigenvalue weighted by molar-refractivity contribution is 5.86. The van der Waals surface area contributed by atoms with Crippen molar-refractivity contribution in [2.24, 2.45) is 20.4 Å². The van der Waals surface area contributed by atoms with Crippen LogP contribution in [0.2, 0.25) is 0 Å². The van der Waals surface area contributed by atoms with Crippen molar-refractivity contribution in [2.45, 2.75) is 33.2 Å². The molecule has 0 saturated carbocycles. The van der Waals surface area contributed by atoms with Crippen LogP contribution in [-0.4, -0.2) is 24.4 Å². The summed E-state index contributed by atoms with van der Waals surface area (Å²) >= 11 is 0. The van der Waals surface area contributed by atoms with Crippen molar-refractivity contribution in [1.82, 2.24) is 0 Å². The highest BCUT2D eigenvalue weighted by Gasteiger charge is 2.35. The highest BCUT2D eigenvalue weighted by Crippen LogP contribution is 2.32. The van der Waals surface area contributed by atoms with Gasteiger partial charge < -0.3 is 0 Å². The molecule has 0 aromatic heterocycles. The third-order valence-corrected chi connectivity index (χ3v) is 2.37.